The molecule has 4 aromatic rings. The van der Waals surface area contributed by atoms with Crippen molar-refractivity contribution in [2.75, 3.05) is 6.54 Å². The first-order chi connectivity index (χ1) is 13.1. The van der Waals surface area contributed by atoms with Crippen molar-refractivity contribution in [2.45, 2.75) is 6.42 Å². The van der Waals surface area contributed by atoms with Crippen LogP contribution in [0.3, 0.4) is 0 Å². The lowest BCUT2D eigenvalue weighted by molar-refractivity contribution is 0.0944. The lowest BCUT2D eigenvalue weighted by Crippen LogP contribution is -2.27. The van der Waals surface area contributed by atoms with Gasteiger partial charge in [0, 0.05) is 25.6 Å². The molecule has 7 heteroatoms. The lowest BCUT2D eigenvalue weighted by Gasteiger charge is -2.03. The first-order valence-corrected chi connectivity index (χ1v) is 8.62. The number of H-pyrrole nitrogens is 1. The van der Waals surface area contributed by atoms with Crippen molar-refractivity contribution in [3.63, 3.8) is 0 Å². The first-order valence-electron chi connectivity index (χ1n) is 8.62. The number of halogens is 1. The maximum atomic E-state index is 13.1. The smallest absolute Gasteiger partial charge is 0.269 e. The summed E-state index contributed by atoms with van der Waals surface area (Å²) in [7, 11) is 1.71. The lowest BCUT2D eigenvalue weighted by atomic mass is 10.1. The number of fused-ring (bicyclic) bond motifs is 1. The summed E-state index contributed by atoms with van der Waals surface area (Å²) in [4.78, 5) is 20.2. The number of hydrogen-bond donors (Lipinski definition) is 2. The number of carbonyl (C=O) groups excluding carboxylic acids is 1. The van der Waals surface area contributed by atoms with Crippen LogP contribution in [0.25, 0.3) is 22.3 Å². The Balaban J connectivity index is 1.41. The molecule has 0 radical (unpaired) electrons. The highest BCUT2D eigenvalue weighted by molar-refractivity contribution is 5.93. The SMILES string of the molecule is Cn1nc(-c2ccc(F)cc2)cc1C(=O)NCCc1nc2ccccc2[nH]1. The van der Waals surface area contributed by atoms with Crippen LogP contribution in [0.2, 0.25) is 0 Å². The van der Waals surface area contributed by atoms with Crippen molar-refractivity contribution in [1.82, 2.24) is 25.1 Å². The Labute approximate surface area is 155 Å². The predicted molar refractivity (Wildman–Crippen MR) is 101 cm³/mol. The molecule has 0 spiro atoms. The number of carbonyl (C=O) groups is 1. The van der Waals surface area contributed by atoms with Crippen molar-refractivity contribution in [3.8, 4) is 11.3 Å². The Morgan fingerprint density at radius 3 is 2.74 bits per heavy atom. The molecule has 2 aromatic carbocycles. The molecule has 0 saturated heterocycles. The summed E-state index contributed by atoms with van der Waals surface area (Å²) in [5.74, 6) is 0.307. The fraction of sp³-hybridized carbons (Fsp3) is 0.150. The van der Waals surface area contributed by atoms with E-state index in [2.05, 4.69) is 20.4 Å². The Bertz CT molecular complexity index is 1060. The van der Waals surface area contributed by atoms with E-state index in [0.717, 1.165) is 22.4 Å². The van der Waals surface area contributed by atoms with E-state index in [0.29, 0.717) is 24.4 Å². The van der Waals surface area contributed by atoms with Gasteiger partial charge in [0.25, 0.3) is 5.91 Å². The second kappa shape index (κ2) is 7.03. The van der Waals surface area contributed by atoms with Crippen LogP contribution in [0.4, 0.5) is 4.39 Å². The minimum absolute atomic E-state index is 0.213. The van der Waals surface area contributed by atoms with Gasteiger partial charge in [-0.15, -0.1) is 0 Å². The quantitative estimate of drug-likeness (QED) is 0.572. The highest BCUT2D eigenvalue weighted by Gasteiger charge is 2.14. The van der Waals surface area contributed by atoms with Crippen molar-refractivity contribution < 1.29 is 9.18 Å². The van der Waals surface area contributed by atoms with Gasteiger partial charge in [-0.2, -0.15) is 5.10 Å². The van der Waals surface area contributed by atoms with Gasteiger partial charge in [0.05, 0.1) is 16.7 Å². The van der Waals surface area contributed by atoms with E-state index >= 15 is 0 Å². The van der Waals surface area contributed by atoms with Gasteiger partial charge in [-0.1, -0.05) is 12.1 Å². The van der Waals surface area contributed by atoms with Crippen molar-refractivity contribution in [3.05, 3.63) is 71.9 Å². The molecule has 1 amide bonds. The normalized spacial score (nSPS) is 11.0. The molecule has 6 nitrogen and oxygen atoms in total. The second-order valence-electron chi connectivity index (χ2n) is 6.25. The van der Waals surface area contributed by atoms with Gasteiger partial charge in [0.2, 0.25) is 0 Å². The van der Waals surface area contributed by atoms with Gasteiger partial charge in [0.1, 0.15) is 17.3 Å². The van der Waals surface area contributed by atoms with Gasteiger partial charge in [-0.3, -0.25) is 9.48 Å². The largest absolute Gasteiger partial charge is 0.350 e. The Hall–Kier alpha value is -3.48. The van der Waals surface area contributed by atoms with Crippen LogP contribution in [0, 0.1) is 5.82 Å². The summed E-state index contributed by atoms with van der Waals surface area (Å²) in [6.07, 6.45) is 0.600. The van der Waals surface area contributed by atoms with Crippen LogP contribution in [-0.2, 0) is 13.5 Å². The monoisotopic (exact) mass is 363 g/mol. The van der Waals surface area contributed by atoms with Gasteiger partial charge < -0.3 is 10.3 Å². The Morgan fingerprint density at radius 1 is 1.19 bits per heavy atom. The highest BCUT2D eigenvalue weighted by atomic mass is 19.1. The number of aromatic amines is 1. The Kier molecular flexibility index (Phi) is 4.42. The van der Waals surface area contributed by atoms with Crippen LogP contribution in [0.1, 0.15) is 16.3 Å². The molecule has 136 valence electrons. The summed E-state index contributed by atoms with van der Waals surface area (Å²) >= 11 is 0. The van der Waals surface area contributed by atoms with Crippen LogP contribution >= 0.6 is 0 Å². The molecule has 2 heterocycles. The molecule has 2 aromatic heterocycles. The molecule has 0 saturated carbocycles. The number of para-hydroxylation sites is 2. The Morgan fingerprint density at radius 2 is 1.96 bits per heavy atom. The number of rotatable bonds is 5. The minimum Gasteiger partial charge on any atom is -0.350 e. The second-order valence-corrected chi connectivity index (χ2v) is 6.25. The average Bonchev–Trinajstić information content (AvgIpc) is 3.25. The molecular weight excluding hydrogens is 345 g/mol. The van der Waals surface area contributed by atoms with E-state index in [-0.39, 0.29) is 11.7 Å². The van der Waals surface area contributed by atoms with E-state index in [9.17, 15) is 9.18 Å². The van der Waals surface area contributed by atoms with Crippen LogP contribution in [0.5, 0.6) is 0 Å². The third kappa shape index (κ3) is 3.57. The van der Waals surface area contributed by atoms with Gasteiger partial charge >= 0.3 is 0 Å². The maximum absolute atomic E-state index is 13.1. The van der Waals surface area contributed by atoms with E-state index in [1.807, 2.05) is 24.3 Å². The minimum atomic E-state index is -0.307. The molecule has 0 aliphatic carbocycles. The maximum Gasteiger partial charge on any atom is 0.269 e. The van der Waals surface area contributed by atoms with Crippen molar-refractivity contribution in [1.29, 1.82) is 0 Å². The summed E-state index contributed by atoms with van der Waals surface area (Å²) in [6.45, 7) is 0.454. The fourth-order valence-corrected chi connectivity index (χ4v) is 2.95. The van der Waals surface area contributed by atoms with E-state index in [1.165, 1.54) is 16.8 Å². The number of nitrogens with one attached hydrogen (secondary N) is 2. The van der Waals surface area contributed by atoms with Crippen LogP contribution in [-0.4, -0.2) is 32.2 Å². The molecule has 0 atom stereocenters. The van der Waals surface area contributed by atoms with Gasteiger partial charge in [-0.05, 0) is 42.5 Å². The van der Waals surface area contributed by atoms with E-state index in [1.54, 1.807) is 25.2 Å². The topological polar surface area (TPSA) is 75.6 Å². The van der Waals surface area contributed by atoms with Gasteiger partial charge in [0.15, 0.2) is 0 Å². The molecule has 27 heavy (non-hydrogen) atoms. The number of aryl methyl sites for hydroxylation is 1. The third-order valence-corrected chi connectivity index (χ3v) is 4.34. The number of benzene rings is 2. The number of hydrogen-bond acceptors (Lipinski definition) is 3. The number of amides is 1. The molecule has 4 rings (SSSR count). The highest BCUT2D eigenvalue weighted by Crippen LogP contribution is 2.19. The predicted octanol–water partition coefficient (Wildman–Crippen LogP) is 3.08. The standard InChI is InChI=1S/C20H18FN5O/c1-26-18(12-17(25-26)13-6-8-14(21)9-7-13)20(27)22-11-10-19-23-15-4-2-3-5-16(15)24-19/h2-9,12H,10-11H2,1H3,(H,22,27)(H,23,24). The molecular formula is C20H18FN5O. The van der Waals surface area contributed by atoms with Crippen LogP contribution in [0.15, 0.2) is 54.6 Å². The van der Waals surface area contributed by atoms with Crippen molar-refractivity contribution >= 4 is 16.9 Å². The van der Waals surface area contributed by atoms with E-state index in [4.69, 9.17) is 0 Å². The summed E-state index contributed by atoms with van der Waals surface area (Å²) in [6, 6.07) is 15.5. The third-order valence-electron chi connectivity index (χ3n) is 4.34. The molecule has 2 N–H and O–H groups in total. The number of nitrogens with zero attached hydrogens (tertiary/aromatic N) is 3. The summed E-state index contributed by atoms with van der Waals surface area (Å²) < 4.78 is 14.6. The van der Waals surface area contributed by atoms with Gasteiger partial charge in [-0.25, -0.2) is 9.37 Å². The molecule has 0 aliphatic rings. The fourth-order valence-electron chi connectivity index (χ4n) is 2.95. The molecule has 0 aliphatic heterocycles. The van der Waals surface area contributed by atoms with Crippen LogP contribution < -0.4 is 5.32 Å². The number of imidazole rings is 1. The zero-order valence-electron chi connectivity index (χ0n) is 14.7. The first kappa shape index (κ1) is 17.0. The molecule has 0 fully saturated rings. The number of aromatic nitrogens is 4. The zero-order valence-corrected chi connectivity index (χ0v) is 14.7. The summed E-state index contributed by atoms with van der Waals surface area (Å²) in [5.41, 5.74) is 3.72. The summed E-state index contributed by atoms with van der Waals surface area (Å²) in [5, 5.41) is 7.23. The molecule has 0 bridgehead atoms. The van der Waals surface area contributed by atoms with Crippen molar-refractivity contribution in [2.24, 2.45) is 7.05 Å². The molecule has 0 unspecified atom stereocenters. The van der Waals surface area contributed by atoms with E-state index < -0.39 is 0 Å². The zero-order chi connectivity index (χ0) is 18.8. The average molecular weight is 363 g/mol.